The van der Waals surface area contributed by atoms with Gasteiger partial charge in [0.25, 0.3) is 5.91 Å². The largest absolute Gasteiger partial charge is 0.492 e. The van der Waals surface area contributed by atoms with Crippen LogP contribution in [0.3, 0.4) is 0 Å². The average Bonchev–Trinajstić information content (AvgIpc) is 3.01. The van der Waals surface area contributed by atoms with E-state index in [1.165, 1.54) is 11.5 Å². The molecule has 1 aliphatic rings. The summed E-state index contributed by atoms with van der Waals surface area (Å²) in [6.45, 7) is 7.59. The van der Waals surface area contributed by atoms with E-state index in [9.17, 15) is 4.79 Å². The predicted molar refractivity (Wildman–Crippen MR) is 92.6 cm³/mol. The zero-order chi connectivity index (χ0) is 16.2. The van der Waals surface area contributed by atoms with E-state index in [1.807, 2.05) is 42.3 Å². The summed E-state index contributed by atoms with van der Waals surface area (Å²) in [6, 6.07) is 8.09. The SMILES string of the molecule is CCOc1ccccc1N1CCN(C(=O)c2csnc2C)CC1. The van der Waals surface area contributed by atoms with Gasteiger partial charge >= 0.3 is 0 Å². The lowest BCUT2D eigenvalue weighted by molar-refractivity contribution is 0.0746. The van der Waals surface area contributed by atoms with Crippen LogP contribution < -0.4 is 9.64 Å². The molecule has 1 aliphatic heterocycles. The minimum Gasteiger partial charge on any atom is -0.492 e. The Labute approximate surface area is 140 Å². The molecule has 0 spiro atoms. The molecule has 0 radical (unpaired) electrons. The summed E-state index contributed by atoms with van der Waals surface area (Å²) in [4.78, 5) is 16.7. The number of para-hydroxylation sites is 2. The van der Waals surface area contributed by atoms with E-state index in [4.69, 9.17) is 4.74 Å². The molecule has 0 saturated carbocycles. The van der Waals surface area contributed by atoms with Crippen molar-refractivity contribution in [2.45, 2.75) is 13.8 Å². The quantitative estimate of drug-likeness (QED) is 0.864. The van der Waals surface area contributed by atoms with Gasteiger partial charge in [0.05, 0.1) is 23.6 Å². The summed E-state index contributed by atoms with van der Waals surface area (Å²) >= 11 is 1.34. The molecule has 122 valence electrons. The highest BCUT2D eigenvalue weighted by atomic mass is 32.1. The second kappa shape index (κ2) is 7.00. The Balaban J connectivity index is 1.67. The van der Waals surface area contributed by atoms with Gasteiger partial charge in [-0.25, -0.2) is 0 Å². The van der Waals surface area contributed by atoms with Crippen LogP contribution in [-0.2, 0) is 0 Å². The molecule has 1 aromatic carbocycles. The van der Waals surface area contributed by atoms with Gasteiger partial charge < -0.3 is 14.5 Å². The minimum atomic E-state index is 0.0917. The molecule has 23 heavy (non-hydrogen) atoms. The number of amides is 1. The number of nitrogens with zero attached hydrogens (tertiary/aromatic N) is 3. The fourth-order valence-corrected chi connectivity index (χ4v) is 3.50. The zero-order valence-corrected chi connectivity index (χ0v) is 14.3. The summed E-state index contributed by atoms with van der Waals surface area (Å²) in [5, 5.41) is 1.84. The molecule has 1 saturated heterocycles. The Bertz CT molecular complexity index is 678. The molecule has 1 amide bonds. The van der Waals surface area contributed by atoms with Crippen molar-refractivity contribution < 1.29 is 9.53 Å². The summed E-state index contributed by atoms with van der Waals surface area (Å²) in [5.74, 6) is 1.00. The van der Waals surface area contributed by atoms with Crippen molar-refractivity contribution in [1.29, 1.82) is 0 Å². The van der Waals surface area contributed by atoms with E-state index in [1.54, 1.807) is 0 Å². The molecule has 1 fully saturated rings. The number of ether oxygens (including phenoxy) is 1. The van der Waals surface area contributed by atoms with Crippen LogP contribution in [0, 0.1) is 6.92 Å². The normalized spacial score (nSPS) is 14.9. The molecular weight excluding hydrogens is 310 g/mol. The molecule has 2 aromatic rings. The summed E-state index contributed by atoms with van der Waals surface area (Å²) in [7, 11) is 0. The topological polar surface area (TPSA) is 45.7 Å². The Morgan fingerprint density at radius 2 is 2.00 bits per heavy atom. The van der Waals surface area contributed by atoms with Crippen LogP contribution in [0.1, 0.15) is 23.0 Å². The molecular formula is C17H21N3O2S. The summed E-state index contributed by atoms with van der Waals surface area (Å²) in [5.41, 5.74) is 2.66. The van der Waals surface area contributed by atoms with Crippen LogP contribution in [0.25, 0.3) is 0 Å². The van der Waals surface area contributed by atoms with Crippen LogP contribution in [0.4, 0.5) is 5.69 Å². The molecule has 1 aromatic heterocycles. The number of hydrogen-bond donors (Lipinski definition) is 0. The van der Waals surface area contributed by atoms with Crippen molar-refractivity contribution in [1.82, 2.24) is 9.27 Å². The van der Waals surface area contributed by atoms with E-state index in [2.05, 4.69) is 15.3 Å². The number of rotatable bonds is 4. The fourth-order valence-electron chi connectivity index (χ4n) is 2.81. The van der Waals surface area contributed by atoms with E-state index in [0.29, 0.717) is 19.7 Å². The Hall–Kier alpha value is -2.08. The molecule has 0 N–H and O–H groups in total. The van der Waals surface area contributed by atoms with E-state index >= 15 is 0 Å². The number of benzene rings is 1. The van der Waals surface area contributed by atoms with Crippen LogP contribution >= 0.6 is 11.5 Å². The first-order chi connectivity index (χ1) is 11.2. The molecule has 2 heterocycles. The third kappa shape index (κ3) is 3.32. The van der Waals surface area contributed by atoms with Gasteiger partial charge in [0.15, 0.2) is 0 Å². The van der Waals surface area contributed by atoms with Gasteiger partial charge in [-0.05, 0) is 37.5 Å². The highest BCUT2D eigenvalue weighted by Crippen LogP contribution is 2.29. The van der Waals surface area contributed by atoms with Gasteiger partial charge in [0, 0.05) is 31.6 Å². The molecule has 6 heteroatoms. The summed E-state index contributed by atoms with van der Waals surface area (Å²) in [6.07, 6.45) is 0. The maximum atomic E-state index is 12.5. The second-order valence-electron chi connectivity index (χ2n) is 5.49. The lowest BCUT2D eigenvalue weighted by atomic mass is 10.2. The first kappa shape index (κ1) is 15.8. The highest BCUT2D eigenvalue weighted by Gasteiger charge is 2.25. The molecule has 5 nitrogen and oxygen atoms in total. The van der Waals surface area contributed by atoms with E-state index < -0.39 is 0 Å². The van der Waals surface area contributed by atoms with Crippen LogP contribution in [-0.4, -0.2) is 48.0 Å². The van der Waals surface area contributed by atoms with Crippen LogP contribution in [0.15, 0.2) is 29.6 Å². The molecule has 3 rings (SSSR count). The number of hydrogen-bond acceptors (Lipinski definition) is 5. The number of aryl methyl sites for hydroxylation is 1. The Morgan fingerprint density at radius 1 is 1.26 bits per heavy atom. The standard InChI is InChI=1S/C17H21N3O2S/c1-3-22-16-7-5-4-6-15(16)19-8-10-20(11-9-19)17(21)14-12-23-18-13(14)2/h4-7,12H,3,8-11H2,1-2H3. The lowest BCUT2D eigenvalue weighted by Crippen LogP contribution is -2.49. The highest BCUT2D eigenvalue weighted by molar-refractivity contribution is 7.03. The van der Waals surface area contributed by atoms with Crippen molar-refractivity contribution >= 4 is 23.1 Å². The van der Waals surface area contributed by atoms with Gasteiger partial charge in [0.2, 0.25) is 0 Å². The van der Waals surface area contributed by atoms with Crippen LogP contribution in [0.5, 0.6) is 5.75 Å². The van der Waals surface area contributed by atoms with Gasteiger partial charge in [-0.15, -0.1) is 0 Å². The van der Waals surface area contributed by atoms with Gasteiger partial charge in [0.1, 0.15) is 5.75 Å². The number of piperazine rings is 1. The predicted octanol–water partition coefficient (Wildman–Crippen LogP) is 2.81. The van der Waals surface area contributed by atoms with Crippen molar-refractivity contribution in [2.75, 3.05) is 37.7 Å². The smallest absolute Gasteiger partial charge is 0.256 e. The summed E-state index contributed by atoms with van der Waals surface area (Å²) < 4.78 is 9.90. The van der Waals surface area contributed by atoms with Crippen molar-refractivity contribution in [2.24, 2.45) is 0 Å². The first-order valence-corrected chi connectivity index (χ1v) is 8.71. The van der Waals surface area contributed by atoms with Gasteiger partial charge in [-0.1, -0.05) is 12.1 Å². The third-order valence-corrected chi connectivity index (χ3v) is 4.77. The maximum absolute atomic E-state index is 12.5. The Kier molecular flexibility index (Phi) is 4.81. The fraction of sp³-hybridized carbons (Fsp3) is 0.412. The van der Waals surface area contributed by atoms with Crippen molar-refractivity contribution in [3.05, 3.63) is 40.9 Å². The second-order valence-corrected chi connectivity index (χ2v) is 6.12. The van der Waals surface area contributed by atoms with Crippen molar-refractivity contribution in [3.8, 4) is 5.75 Å². The molecule has 0 bridgehead atoms. The van der Waals surface area contributed by atoms with Crippen molar-refractivity contribution in [3.63, 3.8) is 0 Å². The Morgan fingerprint density at radius 3 is 2.65 bits per heavy atom. The monoisotopic (exact) mass is 331 g/mol. The molecule has 0 aliphatic carbocycles. The first-order valence-electron chi connectivity index (χ1n) is 7.87. The average molecular weight is 331 g/mol. The number of carbonyl (C=O) groups is 1. The number of anilines is 1. The molecule has 0 atom stereocenters. The van der Waals surface area contributed by atoms with E-state index in [0.717, 1.165) is 35.8 Å². The lowest BCUT2D eigenvalue weighted by Gasteiger charge is -2.36. The number of aromatic nitrogens is 1. The van der Waals surface area contributed by atoms with Gasteiger partial charge in [-0.3, -0.25) is 4.79 Å². The minimum absolute atomic E-state index is 0.0917. The zero-order valence-electron chi connectivity index (χ0n) is 13.5. The number of carbonyl (C=O) groups excluding carboxylic acids is 1. The third-order valence-electron chi connectivity index (χ3n) is 4.05. The molecule has 0 unspecified atom stereocenters. The van der Waals surface area contributed by atoms with Crippen LogP contribution in [0.2, 0.25) is 0 Å². The van der Waals surface area contributed by atoms with E-state index in [-0.39, 0.29) is 5.91 Å². The maximum Gasteiger partial charge on any atom is 0.256 e. The van der Waals surface area contributed by atoms with Gasteiger partial charge in [-0.2, -0.15) is 4.37 Å².